The Morgan fingerprint density at radius 2 is 1.84 bits per heavy atom. The highest BCUT2D eigenvalue weighted by molar-refractivity contribution is 7.10. The number of fused-ring (bicyclic) bond motifs is 1. The molecule has 158 valence electrons. The largest absolute Gasteiger partial charge is 0.343 e. The van der Waals surface area contributed by atoms with Crippen LogP contribution in [-0.2, 0) is 17.8 Å². The summed E-state index contributed by atoms with van der Waals surface area (Å²) in [6, 6.07) is 19.0. The molecule has 0 fully saturated rings. The van der Waals surface area contributed by atoms with Gasteiger partial charge in [-0.05, 0) is 47.0 Å². The van der Waals surface area contributed by atoms with E-state index in [0.29, 0.717) is 16.8 Å². The highest BCUT2D eigenvalue weighted by atomic mass is 32.1. The van der Waals surface area contributed by atoms with Gasteiger partial charge >= 0.3 is 0 Å². The Morgan fingerprint density at radius 1 is 1.06 bits per heavy atom. The van der Waals surface area contributed by atoms with Gasteiger partial charge in [-0.15, -0.1) is 16.4 Å². The number of nitrogens with zero attached hydrogens (tertiary/aromatic N) is 3. The van der Waals surface area contributed by atoms with Crippen molar-refractivity contribution >= 4 is 28.1 Å². The van der Waals surface area contributed by atoms with Crippen molar-refractivity contribution in [3.63, 3.8) is 0 Å². The van der Waals surface area contributed by atoms with Gasteiger partial charge in [-0.2, -0.15) is 0 Å². The van der Waals surface area contributed by atoms with Crippen LogP contribution in [0.2, 0.25) is 0 Å². The molecule has 4 aromatic rings. The maximum Gasteiger partial charge on any atom is 0.278 e. The van der Waals surface area contributed by atoms with Crippen molar-refractivity contribution in [3.8, 4) is 0 Å². The quantitative estimate of drug-likeness (QED) is 0.480. The number of aromatic nitrogens is 3. The molecule has 1 N–H and O–H groups in total. The molecule has 0 aliphatic heterocycles. The van der Waals surface area contributed by atoms with E-state index in [2.05, 4.69) is 53.7 Å². The zero-order valence-electron chi connectivity index (χ0n) is 17.5. The topological polar surface area (TPSA) is 76.9 Å². The third-order valence-corrected chi connectivity index (χ3v) is 5.95. The number of benzene rings is 2. The first-order valence-electron chi connectivity index (χ1n) is 10.3. The van der Waals surface area contributed by atoms with Crippen molar-refractivity contribution in [3.05, 3.63) is 92.4 Å². The average Bonchev–Trinajstić information content (AvgIpc) is 3.29. The number of carbonyl (C=O) groups excluding carboxylic acids is 1. The summed E-state index contributed by atoms with van der Waals surface area (Å²) >= 11 is 1.58. The molecule has 0 saturated carbocycles. The van der Waals surface area contributed by atoms with E-state index in [9.17, 15) is 9.59 Å². The second-order valence-electron chi connectivity index (χ2n) is 7.92. The minimum Gasteiger partial charge on any atom is -0.343 e. The zero-order valence-corrected chi connectivity index (χ0v) is 18.3. The number of nitrogens with one attached hydrogen (secondary N) is 1. The molecule has 1 unspecified atom stereocenters. The molecule has 2 aromatic heterocycles. The summed E-state index contributed by atoms with van der Waals surface area (Å²) in [7, 11) is 0. The Balaban J connectivity index is 1.56. The van der Waals surface area contributed by atoms with Crippen LogP contribution in [0, 0.1) is 5.92 Å². The van der Waals surface area contributed by atoms with Gasteiger partial charge in [0, 0.05) is 4.88 Å². The lowest BCUT2D eigenvalue weighted by atomic mass is 9.99. The normalized spacial score (nSPS) is 12.2. The fourth-order valence-corrected chi connectivity index (χ4v) is 4.36. The molecule has 0 bridgehead atoms. The molecule has 1 atom stereocenters. The fraction of sp³-hybridized carbons (Fsp3) is 0.250. The molecule has 0 aliphatic rings. The highest BCUT2D eigenvalue weighted by Gasteiger charge is 2.19. The standard InChI is InChI=1S/C24H24N4O2S/c1-16(2)14-17-9-11-18(12-10-17)23(21-8-5-13-31-21)25-22(29)15-28-24(30)19-6-3-4-7-20(19)26-27-28/h3-13,16,23H,14-15H2,1-2H3,(H,25,29). The Labute approximate surface area is 184 Å². The summed E-state index contributed by atoms with van der Waals surface area (Å²) in [5.41, 5.74) is 2.46. The van der Waals surface area contributed by atoms with E-state index in [1.54, 1.807) is 35.6 Å². The van der Waals surface area contributed by atoms with Crippen molar-refractivity contribution in [1.29, 1.82) is 0 Å². The second kappa shape index (κ2) is 9.22. The van der Waals surface area contributed by atoms with E-state index < -0.39 is 0 Å². The van der Waals surface area contributed by atoms with Gasteiger partial charge in [0.2, 0.25) is 5.91 Å². The molecule has 31 heavy (non-hydrogen) atoms. The SMILES string of the molecule is CC(C)Cc1ccc(C(NC(=O)Cn2nnc3ccccc3c2=O)c2cccs2)cc1. The van der Waals surface area contributed by atoms with Crippen LogP contribution in [0.1, 0.15) is 35.9 Å². The maximum absolute atomic E-state index is 12.9. The first-order valence-corrected chi connectivity index (χ1v) is 11.1. The van der Waals surface area contributed by atoms with Crippen LogP contribution in [0.5, 0.6) is 0 Å². The number of carbonyl (C=O) groups is 1. The monoisotopic (exact) mass is 432 g/mol. The highest BCUT2D eigenvalue weighted by Crippen LogP contribution is 2.26. The number of hydrogen-bond acceptors (Lipinski definition) is 5. The maximum atomic E-state index is 12.9. The minimum atomic E-state index is -0.327. The van der Waals surface area contributed by atoms with Gasteiger partial charge in [-0.3, -0.25) is 9.59 Å². The summed E-state index contributed by atoms with van der Waals surface area (Å²) in [4.78, 5) is 26.5. The van der Waals surface area contributed by atoms with Gasteiger partial charge in [-0.1, -0.05) is 61.5 Å². The van der Waals surface area contributed by atoms with Crippen LogP contribution in [0.4, 0.5) is 0 Å². The molecule has 2 aromatic carbocycles. The average molecular weight is 433 g/mol. The lowest BCUT2D eigenvalue weighted by molar-refractivity contribution is -0.122. The van der Waals surface area contributed by atoms with Crippen molar-refractivity contribution in [1.82, 2.24) is 20.3 Å². The van der Waals surface area contributed by atoms with E-state index in [4.69, 9.17) is 0 Å². The molecule has 7 heteroatoms. The molecule has 0 radical (unpaired) electrons. The molecular formula is C24H24N4O2S. The molecule has 1 amide bonds. The predicted octanol–water partition coefficient (Wildman–Crippen LogP) is 3.96. The summed E-state index contributed by atoms with van der Waals surface area (Å²) in [5.74, 6) is 0.288. The van der Waals surface area contributed by atoms with Crippen LogP contribution >= 0.6 is 11.3 Å². The van der Waals surface area contributed by atoms with Crippen LogP contribution < -0.4 is 10.9 Å². The number of rotatable bonds is 7. The molecule has 0 aliphatic carbocycles. The van der Waals surface area contributed by atoms with E-state index >= 15 is 0 Å². The van der Waals surface area contributed by atoms with Gasteiger partial charge in [0.05, 0.1) is 11.4 Å². The van der Waals surface area contributed by atoms with Crippen LogP contribution in [-0.4, -0.2) is 20.9 Å². The Bertz CT molecular complexity index is 1230. The zero-order chi connectivity index (χ0) is 21.8. The van der Waals surface area contributed by atoms with Crippen molar-refractivity contribution in [2.24, 2.45) is 5.92 Å². The number of amides is 1. The molecule has 2 heterocycles. The van der Waals surface area contributed by atoms with E-state index in [0.717, 1.165) is 21.5 Å². The van der Waals surface area contributed by atoms with Crippen molar-refractivity contribution in [2.45, 2.75) is 32.9 Å². The third kappa shape index (κ3) is 4.88. The first-order chi connectivity index (χ1) is 15.0. The lowest BCUT2D eigenvalue weighted by Gasteiger charge is -2.19. The smallest absolute Gasteiger partial charge is 0.278 e. The number of hydrogen-bond donors (Lipinski definition) is 1. The summed E-state index contributed by atoms with van der Waals surface area (Å²) in [6.45, 7) is 4.20. The van der Waals surface area contributed by atoms with Crippen LogP contribution in [0.3, 0.4) is 0 Å². The van der Waals surface area contributed by atoms with Gasteiger partial charge in [0.15, 0.2) is 0 Å². The van der Waals surface area contributed by atoms with Crippen LogP contribution in [0.15, 0.2) is 70.8 Å². The Morgan fingerprint density at radius 3 is 2.55 bits per heavy atom. The van der Waals surface area contributed by atoms with Crippen molar-refractivity contribution < 1.29 is 4.79 Å². The fourth-order valence-electron chi connectivity index (χ4n) is 3.56. The van der Waals surface area contributed by atoms with Gasteiger partial charge in [-0.25, -0.2) is 4.68 Å². The minimum absolute atomic E-state index is 0.191. The van der Waals surface area contributed by atoms with Gasteiger partial charge in [0.1, 0.15) is 12.1 Å². The third-order valence-electron chi connectivity index (χ3n) is 5.01. The molecule has 0 saturated heterocycles. The van der Waals surface area contributed by atoms with Gasteiger partial charge < -0.3 is 5.32 Å². The first kappa shape index (κ1) is 20.9. The Hall–Kier alpha value is -3.32. The Kier molecular flexibility index (Phi) is 6.23. The predicted molar refractivity (Wildman–Crippen MR) is 123 cm³/mol. The summed E-state index contributed by atoms with van der Waals surface area (Å²) < 4.78 is 1.11. The lowest BCUT2D eigenvalue weighted by Crippen LogP contribution is -2.36. The molecule has 0 spiro atoms. The molecule has 6 nitrogen and oxygen atoms in total. The van der Waals surface area contributed by atoms with E-state index in [1.165, 1.54) is 5.56 Å². The molecular weight excluding hydrogens is 408 g/mol. The molecule has 4 rings (SSSR count). The second-order valence-corrected chi connectivity index (χ2v) is 8.90. The van der Waals surface area contributed by atoms with E-state index in [-0.39, 0.29) is 24.1 Å². The van der Waals surface area contributed by atoms with Crippen molar-refractivity contribution in [2.75, 3.05) is 0 Å². The van der Waals surface area contributed by atoms with E-state index in [1.807, 2.05) is 17.5 Å². The van der Waals surface area contributed by atoms with Crippen LogP contribution in [0.25, 0.3) is 10.9 Å². The van der Waals surface area contributed by atoms with Gasteiger partial charge in [0.25, 0.3) is 5.56 Å². The summed E-state index contributed by atoms with van der Waals surface area (Å²) in [6.07, 6.45) is 1.01. The summed E-state index contributed by atoms with van der Waals surface area (Å²) in [5, 5.41) is 13.5. The number of thiophene rings is 1.